The molecule has 1 saturated carbocycles. The molecule has 0 unspecified atom stereocenters. The number of hydrogen-bond acceptors (Lipinski definition) is 2. The summed E-state index contributed by atoms with van der Waals surface area (Å²) >= 11 is 6.08. The number of fused-ring (bicyclic) bond motifs is 1. The number of imidazole rings is 1. The van der Waals surface area contributed by atoms with Crippen molar-refractivity contribution in [1.82, 2.24) is 9.55 Å². The predicted octanol–water partition coefficient (Wildman–Crippen LogP) is 1.43. The van der Waals surface area contributed by atoms with Crippen LogP contribution in [0.15, 0.2) is 0 Å². The highest BCUT2D eigenvalue weighted by atomic mass is 35.5. The third-order valence-electron chi connectivity index (χ3n) is 3.05. The topological polar surface area (TPSA) is 43.8 Å². The normalized spacial score (nSPS) is 23.2. The number of hydrogen-bond donors (Lipinski definition) is 1. The third kappa shape index (κ3) is 0.973. The molecule has 2 N–H and O–H groups in total. The lowest BCUT2D eigenvalue weighted by atomic mass is 10.2. The van der Waals surface area contributed by atoms with Gasteiger partial charge in [0.25, 0.3) is 0 Å². The third-order valence-corrected chi connectivity index (χ3v) is 3.31. The minimum absolute atomic E-state index is 0.146. The van der Waals surface area contributed by atoms with Crippen LogP contribution in [0.5, 0.6) is 0 Å². The van der Waals surface area contributed by atoms with Gasteiger partial charge in [-0.1, -0.05) is 11.6 Å². The molecule has 1 aromatic rings. The van der Waals surface area contributed by atoms with E-state index in [9.17, 15) is 0 Å². The maximum absolute atomic E-state index is 6.14. The number of aromatic nitrogens is 2. The summed E-state index contributed by atoms with van der Waals surface area (Å²) in [6.45, 7) is 1.04. The van der Waals surface area contributed by atoms with Crippen LogP contribution in [0.4, 0.5) is 0 Å². The van der Waals surface area contributed by atoms with Crippen molar-refractivity contribution in [1.29, 1.82) is 0 Å². The molecule has 13 heavy (non-hydrogen) atoms. The molecule has 2 heterocycles. The van der Waals surface area contributed by atoms with Crippen LogP contribution in [0.2, 0.25) is 5.15 Å². The number of nitrogens with two attached hydrogens (primary N) is 1. The Morgan fingerprint density at radius 2 is 2.23 bits per heavy atom. The molecule has 0 radical (unpaired) electrons. The van der Waals surface area contributed by atoms with E-state index in [-0.39, 0.29) is 5.54 Å². The van der Waals surface area contributed by atoms with E-state index >= 15 is 0 Å². The molecule has 1 aliphatic heterocycles. The van der Waals surface area contributed by atoms with E-state index in [0.29, 0.717) is 5.15 Å². The molecular weight excluding hydrogens is 186 g/mol. The van der Waals surface area contributed by atoms with Crippen LogP contribution in [0.1, 0.15) is 30.8 Å². The van der Waals surface area contributed by atoms with E-state index in [2.05, 4.69) is 9.55 Å². The second kappa shape index (κ2) is 2.28. The first-order chi connectivity index (χ1) is 6.21. The Hall–Kier alpha value is -0.540. The van der Waals surface area contributed by atoms with Crippen LogP contribution in [-0.2, 0) is 18.5 Å². The van der Waals surface area contributed by atoms with Crippen molar-refractivity contribution < 1.29 is 0 Å². The molecule has 2 aliphatic rings. The van der Waals surface area contributed by atoms with Gasteiger partial charge >= 0.3 is 0 Å². The Morgan fingerprint density at radius 1 is 1.46 bits per heavy atom. The molecule has 0 spiro atoms. The van der Waals surface area contributed by atoms with E-state index in [1.54, 1.807) is 0 Å². The van der Waals surface area contributed by atoms with Gasteiger partial charge in [0.15, 0.2) is 5.15 Å². The number of nitrogens with zero attached hydrogens (tertiary/aromatic N) is 2. The van der Waals surface area contributed by atoms with E-state index in [0.717, 1.165) is 37.3 Å². The molecule has 1 aromatic heterocycles. The zero-order valence-electron chi connectivity index (χ0n) is 7.39. The monoisotopic (exact) mass is 197 g/mol. The SMILES string of the molecule is NC1(c2c(Cl)nc3n2CCC3)CC1. The van der Waals surface area contributed by atoms with Crippen molar-refractivity contribution in [2.45, 2.75) is 37.8 Å². The van der Waals surface area contributed by atoms with E-state index in [1.807, 2.05) is 0 Å². The average Bonchev–Trinajstić information content (AvgIpc) is 2.55. The Bertz CT molecular complexity index is 365. The van der Waals surface area contributed by atoms with Gasteiger partial charge in [0.1, 0.15) is 5.82 Å². The van der Waals surface area contributed by atoms with Gasteiger partial charge in [-0.25, -0.2) is 4.98 Å². The molecule has 3 rings (SSSR count). The van der Waals surface area contributed by atoms with Crippen LogP contribution in [0.25, 0.3) is 0 Å². The van der Waals surface area contributed by atoms with Crippen molar-refractivity contribution >= 4 is 11.6 Å². The first-order valence-electron chi connectivity index (χ1n) is 4.75. The lowest BCUT2D eigenvalue weighted by molar-refractivity contribution is 0.619. The standard InChI is InChI=1S/C9H12ClN3/c10-8-7(9(11)3-4-9)13-5-1-2-6(13)12-8/h1-5,11H2. The van der Waals surface area contributed by atoms with E-state index in [4.69, 9.17) is 17.3 Å². The summed E-state index contributed by atoms with van der Waals surface area (Å²) in [6.07, 6.45) is 4.34. The van der Waals surface area contributed by atoms with Crippen molar-refractivity contribution in [3.05, 3.63) is 16.7 Å². The summed E-state index contributed by atoms with van der Waals surface area (Å²) < 4.78 is 2.22. The van der Waals surface area contributed by atoms with Crippen LogP contribution in [-0.4, -0.2) is 9.55 Å². The summed E-state index contributed by atoms with van der Waals surface area (Å²) in [6, 6.07) is 0. The van der Waals surface area contributed by atoms with Gasteiger partial charge in [-0.3, -0.25) is 0 Å². The van der Waals surface area contributed by atoms with E-state index < -0.39 is 0 Å². The summed E-state index contributed by atoms with van der Waals surface area (Å²) in [5, 5.41) is 0.634. The molecule has 70 valence electrons. The predicted molar refractivity (Wildman–Crippen MR) is 50.7 cm³/mol. The Labute approximate surface area is 81.9 Å². The highest BCUT2D eigenvalue weighted by Gasteiger charge is 2.45. The van der Waals surface area contributed by atoms with Crippen LogP contribution >= 0.6 is 11.6 Å². The highest BCUT2D eigenvalue weighted by Crippen LogP contribution is 2.46. The molecule has 0 atom stereocenters. The molecule has 1 aliphatic carbocycles. The van der Waals surface area contributed by atoms with Crippen LogP contribution in [0.3, 0.4) is 0 Å². The van der Waals surface area contributed by atoms with Crippen molar-refractivity contribution in [2.24, 2.45) is 5.73 Å². The molecule has 3 nitrogen and oxygen atoms in total. The fourth-order valence-electron chi connectivity index (χ4n) is 2.14. The molecule has 0 bridgehead atoms. The minimum Gasteiger partial charge on any atom is -0.329 e. The van der Waals surface area contributed by atoms with Gasteiger partial charge in [0, 0.05) is 13.0 Å². The van der Waals surface area contributed by atoms with Gasteiger partial charge in [-0.05, 0) is 19.3 Å². The fourth-order valence-corrected chi connectivity index (χ4v) is 2.53. The summed E-state index contributed by atoms with van der Waals surface area (Å²) in [7, 11) is 0. The smallest absolute Gasteiger partial charge is 0.152 e. The van der Waals surface area contributed by atoms with Gasteiger partial charge in [0.2, 0.25) is 0 Å². The van der Waals surface area contributed by atoms with E-state index in [1.165, 1.54) is 6.42 Å². The van der Waals surface area contributed by atoms with Crippen molar-refractivity contribution in [3.8, 4) is 0 Å². The average molecular weight is 198 g/mol. The molecular formula is C9H12ClN3. The number of rotatable bonds is 1. The van der Waals surface area contributed by atoms with Crippen LogP contribution < -0.4 is 5.73 Å². The molecule has 1 fully saturated rings. The largest absolute Gasteiger partial charge is 0.329 e. The first kappa shape index (κ1) is 7.83. The summed E-state index contributed by atoms with van der Waals surface area (Å²) in [5.74, 6) is 1.12. The molecule has 0 amide bonds. The van der Waals surface area contributed by atoms with Gasteiger partial charge < -0.3 is 10.3 Å². The van der Waals surface area contributed by atoms with Gasteiger partial charge in [-0.2, -0.15) is 0 Å². The minimum atomic E-state index is -0.146. The molecule has 0 saturated heterocycles. The maximum Gasteiger partial charge on any atom is 0.152 e. The van der Waals surface area contributed by atoms with Crippen molar-refractivity contribution in [2.75, 3.05) is 0 Å². The first-order valence-corrected chi connectivity index (χ1v) is 5.13. The lowest BCUT2D eigenvalue weighted by Gasteiger charge is -2.11. The van der Waals surface area contributed by atoms with Crippen molar-refractivity contribution in [3.63, 3.8) is 0 Å². The molecule has 4 heteroatoms. The maximum atomic E-state index is 6.14. The summed E-state index contributed by atoms with van der Waals surface area (Å²) in [5.41, 5.74) is 7.08. The number of halogens is 1. The second-order valence-corrected chi connectivity index (χ2v) is 4.44. The Morgan fingerprint density at radius 3 is 2.92 bits per heavy atom. The molecule has 0 aromatic carbocycles. The van der Waals surface area contributed by atoms with Gasteiger partial charge in [0.05, 0.1) is 11.2 Å². The second-order valence-electron chi connectivity index (χ2n) is 4.08. The Balaban J connectivity index is 2.17. The summed E-state index contributed by atoms with van der Waals surface area (Å²) in [4.78, 5) is 4.35. The van der Waals surface area contributed by atoms with Gasteiger partial charge in [-0.15, -0.1) is 0 Å². The lowest BCUT2D eigenvalue weighted by Crippen LogP contribution is -2.23. The number of aryl methyl sites for hydroxylation is 1. The highest BCUT2D eigenvalue weighted by molar-refractivity contribution is 6.30. The quantitative estimate of drug-likeness (QED) is 0.740. The zero-order chi connectivity index (χ0) is 9.05. The fraction of sp³-hybridized carbons (Fsp3) is 0.667. The Kier molecular flexibility index (Phi) is 1.37. The zero-order valence-corrected chi connectivity index (χ0v) is 8.14. The van der Waals surface area contributed by atoms with Crippen LogP contribution in [0, 0.1) is 0 Å².